The zero-order valence-corrected chi connectivity index (χ0v) is 9.65. The lowest BCUT2D eigenvalue weighted by Crippen LogP contribution is -2.30. The molecule has 0 bridgehead atoms. The molecule has 98 valence electrons. The maximum Gasteiger partial charge on any atom is 0.391 e. The third-order valence-corrected chi connectivity index (χ3v) is 3.38. The normalized spacial score (nSPS) is 24.8. The van der Waals surface area contributed by atoms with E-state index in [9.17, 15) is 18.0 Å². The molecule has 1 aromatic rings. The summed E-state index contributed by atoms with van der Waals surface area (Å²) in [4.78, 5) is 19.7. The largest absolute Gasteiger partial charge is 0.391 e. The summed E-state index contributed by atoms with van der Waals surface area (Å²) in [6.07, 6.45) is 0.699. The third kappa shape index (κ3) is 2.86. The Hall–Kier alpha value is -1.46. The van der Waals surface area contributed by atoms with E-state index in [4.69, 9.17) is 0 Å². The number of halogens is 3. The Balaban J connectivity index is 1.96. The van der Waals surface area contributed by atoms with Crippen LogP contribution >= 0.6 is 0 Å². The van der Waals surface area contributed by atoms with E-state index in [0.29, 0.717) is 0 Å². The van der Waals surface area contributed by atoms with Crippen molar-refractivity contribution in [2.45, 2.75) is 31.9 Å². The van der Waals surface area contributed by atoms with E-state index >= 15 is 0 Å². The molecule has 1 fully saturated rings. The summed E-state index contributed by atoms with van der Waals surface area (Å²) in [6.45, 7) is 0. The Bertz CT molecular complexity index is 411. The second-order valence-electron chi connectivity index (χ2n) is 4.55. The fourth-order valence-corrected chi connectivity index (χ4v) is 2.32. The number of carbonyl (C=O) groups is 1. The lowest BCUT2D eigenvalue weighted by Gasteiger charge is -2.28. The Morgan fingerprint density at radius 2 is 1.83 bits per heavy atom. The van der Waals surface area contributed by atoms with E-state index in [1.54, 1.807) is 0 Å². The minimum Gasteiger partial charge on any atom is -0.292 e. The summed E-state index contributed by atoms with van der Waals surface area (Å²) >= 11 is 0. The molecule has 0 N–H and O–H groups in total. The van der Waals surface area contributed by atoms with Gasteiger partial charge < -0.3 is 0 Å². The van der Waals surface area contributed by atoms with E-state index in [1.165, 1.54) is 18.6 Å². The maximum absolute atomic E-state index is 12.5. The number of aromatic nitrogens is 2. The number of hydrogen-bond donors (Lipinski definition) is 0. The minimum atomic E-state index is -4.14. The predicted octanol–water partition coefficient (Wildman–Crippen LogP) is 3.03. The van der Waals surface area contributed by atoms with Crippen molar-refractivity contribution in [2.24, 2.45) is 11.8 Å². The molecule has 0 aromatic carbocycles. The van der Waals surface area contributed by atoms with Crippen molar-refractivity contribution in [3.8, 4) is 0 Å². The van der Waals surface area contributed by atoms with Crippen LogP contribution in [0.3, 0.4) is 0 Å². The molecule has 0 saturated heterocycles. The lowest BCUT2D eigenvalue weighted by molar-refractivity contribution is -0.183. The molecule has 1 saturated carbocycles. The molecule has 1 aliphatic carbocycles. The average Bonchev–Trinajstić information content (AvgIpc) is 2.38. The zero-order valence-electron chi connectivity index (χ0n) is 9.65. The van der Waals surface area contributed by atoms with E-state index in [1.807, 2.05) is 0 Å². The van der Waals surface area contributed by atoms with Crippen molar-refractivity contribution < 1.29 is 18.0 Å². The number of carbonyl (C=O) groups excluding carboxylic acids is 1. The number of nitrogens with zero attached hydrogens (tertiary/aromatic N) is 2. The van der Waals surface area contributed by atoms with Gasteiger partial charge in [0.05, 0.1) is 12.1 Å². The van der Waals surface area contributed by atoms with Crippen LogP contribution in [0.1, 0.15) is 36.2 Å². The second kappa shape index (κ2) is 5.04. The van der Waals surface area contributed by atoms with Crippen molar-refractivity contribution in [1.82, 2.24) is 9.97 Å². The first-order valence-electron chi connectivity index (χ1n) is 5.85. The SMILES string of the molecule is O=C(c1cnccn1)C1CCC(C(F)(F)F)CC1. The van der Waals surface area contributed by atoms with Gasteiger partial charge in [0.25, 0.3) is 0 Å². The first-order valence-corrected chi connectivity index (χ1v) is 5.85. The van der Waals surface area contributed by atoms with Gasteiger partial charge in [0, 0.05) is 18.3 Å². The topological polar surface area (TPSA) is 42.9 Å². The number of rotatable bonds is 2. The van der Waals surface area contributed by atoms with Crippen molar-refractivity contribution in [1.29, 1.82) is 0 Å². The van der Waals surface area contributed by atoms with Gasteiger partial charge in [0.2, 0.25) is 0 Å². The molecule has 2 rings (SSSR count). The van der Waals surface area contributed by atoms with Gasteiger partial charge in [-0.1, -0.05) is 0 Å². The molecule has 0 aliphatic heterocycles. The van der Waals surface area contributed by atoms with Crippen molar-refractivity contribution in [3.63, 3.8) is 0 Å². The van der Waals surface area contributed by atoms with Crippen LogP contribution in [0, 0.1) is 11.8 Å². The van der Waals surface area contributed by atoms with E-state index < -0.39 is 12.1 Å². The molecule has 1 aliphatic rings. The molecule has 0 amide bonds. The molecule has 18 heavy (non-hydrogen) atoms. The van der Waals surface area contributed by atoms with E-state index in [-0.39, 0.29) is 43.1 Å². The second-order valence-corrected chi connectivity index (χ2v) is 4.55. The van der Waals surface area contributed by atoms with Crippen LogP contribution in [-0.2, 0) is 0 Å². The van der Waals surface area contributed by atoms with Crippen LogP contribution in [0.25, 0.3) is 0 Å². The number of ketones is 1. The molecule has 0 radical (unpaired) electrons. The zero-order chi connectivity index (χ0) is 13.2. The Morgan fingerprint density at radius 1 is 1.17 bits per heavy atom. The summed E-state index contributed by atoms with van der Waals surface area (Å²) < 4.78 is 37.5. The van der Waals surface area contributed by atoms with Gasteiger partial charge >= 0.3 is 6.18 Å². The third-order valence-electron chi connectivity index (χ3n) is 3.38. The van der Waals surface area contributed by atoms with Gasteiger partial charge in [-0.3, -0.25) is 9.78 Å². The van der Waals surface area contributed by atoms with Crippen molar-refractivity contribution in [3.05, 3.63) is 24.3 Å². The van der Waals surface area contributed by atoms with Crippen LogP contribution in [0.5, 0.6) is 0 Å². The van der Waals surface area contributed by atoms with Crippen molar-refractivity contribution >= 4 is 5.78 Å². The Labute approximate surface area is 102 Å². The molecule has 3 nitrogen and oxygen atoms in total. The van der Waals surface area contributed by atoms with Gasteiger partial charge in [-0.25, -0.2) is 4.98 Å². The molecular formula is C12H13F3N2O. The summed E-state index contributed by atoms with van der Waals surface area (Å²) in [6, 6.07) is 0. The van der Waals surface area contributed by atoms with Crippen LogP contribution in [0.4, 0.5) is 13.2 Å². The summed E-state index contributed by atoms with van der Waals surface area (Å²) in [5.41, 5.74) is 0.243. The monoisotopic (exact) mass is 258 g/mol. The number of hydrogen-bond acceptors (Lipinski definition) is 3. The van der Waals surface area contributed by atoms with Gasteiger partial charge in [-0.05, 0) is 25.7 Å². The van der Waals surface area contributed by atoms with Crippen LogP contribution in [0.2, 0.25) is 0 Å². The van der Waals surface area contributed by atoms with Gasteiger partial charge in [-0.15, -0.1) is 0 Å². The number of alkyl halides is 3. The fourth-order valence-electron chi connectivity index (χ4n) is 2.32. The first kappa shape index (κ1) is 13.0. The molecular weight excluding hydrogens is 245 g/mol. The Kier molecular flexibility index (Phi) is 3.63. The summed E-state index contributed by atoms with van der Waals surface area (Å²) in [5.74, 6) is -1.80. The highest BCUT2D eigenvalue weighted by Gasteiger charge is 2.42. The van der Waals surface area contributed by atoms with Gasteiger partial charge in [-0.2, -0.15) is 13.2 Å². The maximum atomic E-state index is 12.5. The van der Waals surface area contributed by atoms with Gasteiger partial charge in [0.15, 0.2) is 5.78 Å². The van der Waals surface area contributed by atoms with Crippen molar-refractivity contribution in [2.75, 3.05) is 0 Å². The highest BCUT2D eigenvalue weighted by Crippen LogP contribution is 2.40. The van der Waals surface area contributed by atoms with Crippen LogP contribution < -0.4 is 0 Å². The van der Waals surface area contributed by atoms with Gasteiger partial charge in [0.1, 0.15) is 5.69 Å². The van der Waals surface area contributed by atoms with Crippen LogP contribution in [0.15, 0.2) is 18.6 Å². The summed E-state index contributed by atoms with van der Waals surface area (Å²) in [7, 11) is 0. The van der Waals surface area contributed by atoms with E-state index in [2.05, 4.69) is 9.97 Å². The molecule has 1 aromatic heterocycles. The smallest absolute Gasteiger partial charge is 0.292 e. The standard InChI is InChI=1S/C12H13F3N2O/c13-12(14,15)9-3-1-8(2-4-9)11(18)10-7-16-5-6-17-10/h5-9H,1-4H2. The van der Waals surface area contributed by atoms with Crippen LogP contribution in [-0.4, -0.2) is 21.9 Å². The molecule has 1 heterocycles. The molecule has 0 atom stereocenters. The summed E-state index contributed by atoms with van der Waals surface area (Å²) in [5, 5.41) is 0. The minimum absolute atomic E-state index is 0.0279. The lowest BCUT2D eigenvalue weighted by atomic mass is 9.79. The highest BCUT2D eigenvalue weighted by molar-refractivity contribution is 5.95. The fraction of sp³-hybridized carbons (Fsp3) is 0.583. The average molecular weight is 258 g/mol. The first-order chi connectivity index (χ1) is 8.48. The Morgan fingerprint density at radius 3 is 2.33 bits per heavy atom. The molecule has 0 spiro atoms. The van der Waals surface area contributed by atoms with E-state index in [0.717, 1.165) is 0 Å². The number of Topliss-reactive ketones (excluding diaryl/α,β-unsaturated/α-hetero) is 1. The molecule has 6 heteroatoms. The molecule has 0 unspecified atom stereocenters. The quantitative estimate of drug-likeness (QED) is 0.766. The highest BCUT2D eigenvalue weighted by atomic mass is 19.4. The predicted molar refractivity (Wildman–Crippen MR) is 57.9 cm³/mol.